The fourth-order valence-electron chi connectivity index (χ4n) is 8.22. The van der Waals surface area contributed by atoms with Gasteiger partial charge in [0.05, 0.1) is 0 Å². The van der Waals surface area contributed by atoms with E-state index in [-0.39, 0.29) is 24.4 Å². The maximum Gasteiger partial charge on any atom is 0.407 e. The highest BCUT2D eigenvalue weighted by Crippen LogP contribution is 2.13. The smallest absolute Gasteiger partial charge is 0.407 e. The number of hydrogen-bond donors (Lipinski definition) is 4. The summed E-state index contributed by atoms with van der Waals surface area (Å²) in [6.45, 7) is 38.1. The van der Waals surface area contributed by atoms with Crippen LogP contribution in [0.25, 0.3) is 0 Å². The van der Waals surface area contributed by atoms with Gasteiger partial charge >= 0.3 is 24.4 Å². The second-order valence-corrected chi connectivity index (χ2v) is 23.4. The number of nitrogens with zero attached hydrogens (tertiary/aromatic N) is 4. The molecule has 0 aromatic heterocycles. The Labute approximate surface area is 427 Å². The molecule has 0 unspecified atom stereocenters. The minimum Gasteiger partial charge on any atom is -0.444 e. The molecule has 412 valence electrons. The van der Waals surface area contributed by atoms with Crippen LogP contribution in [-0.2, 0) is 18.9 Å². The fourth-order valence-corrected chi connectivity index (χ4v) is 8.22. The normalized spacial score (nSPS) is 15.9. The van der Waals surface area contributed by atoms with Crippen molar-refractivity contribution in [1.29, 1.82) is 0 Å². The minimum atomic E-state index is -0.491. The second-order valence-electron chi connectivity index (χ2n) is 23.4. The summed E-state index contributed by atoms with van der Waals surface area (Å²) in [5, 5.41) is 11.6. The van der Waals surface area contributed by atoms with Gasteiger partial charge in [0, 0.05) is 52.4 Å². The molecule has 0 aromatic carbocycles. The van der Waals surface area contributed by atoms with Crippen molar-refractivity contribution in [2.45, 2.75) is 221 Å². The zero-order chi connectivity index (χ0) is 52.3. The largest absolute Gasteiger partial charge is 0.444 e. The molecule has 1 saturated heterocycles. The lowest BCUT2D eigenvalue weighted by Gasteiger charge is -2.32. The summed E-state index contributed by atoms with van der Waals surface area (Å²) in [6, 6.07) is 0. The van der Waals surface area contributed by atoms with Crippen LogP contribution in [0.1, 0.15) is 199 Å². The van der Waals surface area contributed by atoms with Gasteiger partial charge < -0.3 is 59.8 Å². The highest BCUT2D eigenvalue weighted by atomic mass is 16.6. The zero-order valence-corrected chi connectivity index (χ0v) is 47.1. The molecule has 0 atom stereocenters. The molecule has 1 fully saturated rings. The third kappa shape index (κ3) is 42.6. The molecule has 0 spiro atoms. The number of hydrogen-bond acceptors (Lipinski definition) is 12. The summed E-state index contributed by atoms with van der Waals surface area (Å²) in [6.07, 6.45) is 18.1. The molecule has 70 heavy (non-hydrogen) atoms. The number of alkyl carbamates (subject to hydrolysis) is 4. The van der Waals surface area contributed by atoms with E-state index in [0.717, 1.165) is 194 Å². The van der Waals surface area contributed by atoms with E-state index < -0.39 is 22.4 Å². The highest BCUT2D eigenvalue weighted by molar-refractivity contribution is 5.68. The number of unbranched alkanes of at least 4 members (excludes halogenated alkanes) is 12. The topological polar surface area (TPSA) is 166 Å². The monoisotopic (exact) mass is 997 g/mol. The van der Waals surface area contributed by atoms with Crippen molar-refractivity contribution in [3.05, 3.63) is 0 Å². The molecular weight excluding hydrogens is 889 g/mol. The van der Waals surface area contributed by atoms with Crippen LogP contribution in [0.5, 0.6) is 0 Å². The summed E-state index contributed by atoms with van der Waals surface area (Å²) in [4.78, 5) is 59.2. The maximum absolute atomic E-state index is 12.1. The van der Waals surface area contributed by atoms with E-state index in [1.54, 1.807) is 0 Å². The summed E-state index contributed by atoms with van der Waals surface area (Å²) >= 11 is 0. The van der Waals surface area contributed by atoms with Gasteiger partial charge in [0.15, 0.2) is 0 Å². The van der Waals surface area contributed by atoms with Gasteiger partial charge in [-0.25, -0.2) is 19.2 Å². The SMILES string of the molecule is CC(C)(C)OC(=O)NCCCCCCN1CCCN(CCCCCCNC(=O)OC(C)(C)C)CCN(CCCCCCNC(=O)OC(C)(C)C)CCCN(CCCCCCNC(=O)OC(C)(C)C)CC1. The molecule has 1 aliphatic heterocycles. The van der Waals surface area contributed by atoms with E-state index >= 15 is 0 Å². The predicted octanol–water partition coefficient (Wildman–Crippen LogP) is 10.3. The number of nitrogens with one attached hydrogen (secondary N) is 4. The number of carbonyl (C=O) groups excluding carboxylic acids is 4. The van der Waals surface area contributed by atoms with Crippen molar-refractivity contribution in [3.63, 3.8) is 0 Å². The van der Waals surface area contributed by atoms with Crippen molar-refractivity contribution in [2.24, 2.45) is 0 Å². The molecule has 1 rings (SSSR count). The van der Waals surface area contributed by atoms with Gasteiger partial charge in [-0.2, -0.15) is 0 Å². The lowest BCUT2D eigenvalue weighted by atomic mass is 10.1. The molecule has 0 saturated carbocycles. The van der Waals surface area contributed by atoms with Gasteiger partial charge in [-0.05, 0) is 200 Å². The number of ether oxygens (including phenoxy) is 4. The van der Waals surface area contributed by atoms with E-state index in [9.17, 15) is 19.2 Å². The van der Waals surface area contributed by atoms with E-state index in [2.05, 4.69) is 40.9 Å². The van der Waals surface area contributed by atoms with Crippen molar-refractivity contribution < 1.29 is 38.1 Å². The third-order valence-corrected chi connectivity index (χ3v) is 11.6. The standard InChI is InChI=1S/C54H108N8O8/c1-51(2,3)67-47(63)55-31-21-13-17-25-35-59-39-29-40-61(37-27-19-15-23-33-57-49(65)69-53(7,8)9)45-46-62(38-28-20-16-24-34-58-50(66)70-54(10,11)12)42-30-41-60(44-43-59)36-26-18-14-22-32-56-48(64)68-52(4,5)6/h13-46H2,1-12H3,(H,55,63)(H,56,64)(H,57,65)(H,58,66). The van der Waals surface area contributed by atoms with Gasteiger partial charge in [0.1, 0.15) is 22.4 Å². The van der Waals surface area contributed by atoms with Crippen LogP contribution >= 0.6 is 0 Å². The summed E-state index contributed by atoms with van der Waals surface area (Å²) in [5.74, 6) is 0. The number of rotatable bonds is 28. The molecule has 16 heteroatoms. The van der Waals surface area contributed by atoms with Crippen LogP contribution in [0.4, 0.5) is 19.2 Å². The van der Waals surface area contributed by atoms with E-state index in [4.69, 9.17) is 18.9 Å². The minimum absolute atomic E-state index is 0.342. The zero-order valence-electron chi connectivity index (χ0n) is 47.1. The van der Waals surface area contributed by atoms with Gasteiger partial charge in [-0.3, -0.25) is 0 Å². The Balaban J connectivity index is 2.93. The molecule has 1 aliphatic rings. The van der Waals surface area contributed by atoms with E-state index in [1.165, 1.54) is 0 Å². The van der Waals surface area contributed by atoms with Gasteiger partial charge in [-0.15, -0.1) is 0 Å². The Hall–Kier alpha value is -3.08. The Kier molecular flexibility index (Phi) is 34.1. The molecule has 0 radical (unpaired) electrons. The van der Waals surface area contributed by atoms with Crippen LogP contribution < -0.4 is 21.3 Å². The Morgan fingerprint density at radius 3 is 0.671 bits per heavy atom. The molecule has 4 N–H and O–H groups in total. The molecule has 16 nitrogen and oxygen atoms in total. The predicted molar refractivity (Wildman–Crippen MR) is 286 cm³/mol. The van der Waals surface area contributed by atoms with Crippen LogP contribution in [0.15, 0.2) is 0 Å². The third-order valence-electron chi connectivity index (χ3n) is 11.6. The van der Waals surface area contributed by atoms with Crippen LogP contribution in [0.2, 0.25) is 0 Å². The summed E-state index contributed by atoms with van der Waals surface area (Å²) < 4.78 is 21.6. The number of carbonyl (C=O) groups is 4. The summed E-state index contributed by atoms with van der Waals surface area (Å²) in [7, 11) is 0. The molecular formula is C54H108N8O8. The average Bonchev–Trinajstić information content (AvgIpc) is 3.21. The van der Waals surface area contributed by atoms with Crippen LogP contribution in [0, 0.1) is 0 Å². The van der Waals surface area contributed by atoms with Crippen molar-refractivity contribution in [2.75, 3.05) is 105 Å². The lowest BCUT2D eigenvalue weighted by molar-refractivity contribution is 0.0515. The van der Waals surface area contributed by atoms with Gasteiger partial charge in [0.25, 0.3) is 0 Å². The Morgan fingerprint density at radius 2 is 0.486 bits per heavy atom. The van der Waals surface area contributed by atoms with Crippen molar-refractivity contribution >= 4 is 24.4 Å². The van der Waals surface area contributed by atoms with Gasteiger partial charge in [-0.1, -0.05) is 51.4 Å². The van der Waals surface area contributed by atoms with Crippen molar-refractivity contribution in [3.8, 4) is 0 Å². The molecule has 4 amide bonds. The van der Waals surface area contributed by atoms with Crippen LogP contribution in [-0.4, -0.2) is 171 Å². The first-order chi connectivity index (χ1) is 32.9. The molecule has 0 aromatic rings. The Morgan fingerprint density at radius 1 is 0.300 bits per heavy atom. The second kappa shape index (κ2) is 36.8. The number of amides is 4. The van der Waals surface area contributed by atoms with E-state index in [1.807, 2.05) is 83.1 Å². The first-order valence-electron chi connectivity index (χ1n) is 27.7. The van der Waals surface area contributed by atoms with Crippen LogP contribution in [0.3, 0.4) is 0 Å². The fraction of sp³-hybridized carbons (Fsp3) is 0.926. The molecule has 0 aliphatic carbocycles. The summed E-state index contributed by atoms with van der Waals surface area (Å²) in [5.41, 5.74) is -1.96. The van der Waals surface area contributed by atoms with Crippen molar-refractivity contribution in [1.82, 2.24) is 40.9 Å². The molecule has 0 bridgehead atoms. The average molecular weight is 998 g/mol. The maximum atomic E-state index is 12.1. The van der Waals surface area contributed by atoms with E-state index in [0.29, 0.717) is 26.2 Å². The highest BCUT2D eigenvalue weighted by Gasteiger charge is 2.20. The van der Waals surface area contributed by atoms with Gasteiger partial charge in [0.2, 0.25) is 0 Å². The first kappa shape index (κ1) is 64.9. The lowest BCUT2D eigenvalue weighted by Crippen LogP contribution is -2.42. The first-order valence-corrected chi connectivity index (χ1v) is 27.7. The quantitative estimate of drug-likeness (QED) is 0.0434. The molecule has 1 heterocycles. The Bertz CT molecular complexity index is 1180.